The molecule has 0 radical (unpaired) electrons. The molecule has 48 heavy (non-hydrogen) atoms. The van der Waals surface area contributed by atoms with Gasteiger partial charge in [-0.2, -0.15) is 0 Å². The molecule has 0 unspecified atom stereocenters. The van der Waals surface area contributed by atoms with Crippen LogP contribution in [-0.4, -0.2) is 19.9 Å². The first kappa shape index (κ1) is 28.1. The molecular weight excluding hydrogens is 679 g/mol. The zero-order valence-electron chi connectivity index (χ0n) is 24.6. The van der Waals surface area contributed by atoms with Crippen molar-refractivity contribution in [1.82, 2.24) is 19.9 Å². The Balaban J connectivity index is 0.988. The number of pyridine rings is 2. The van der Waals surface area contributed by atoms with Gasteiger partial charge in [0, 0.05) is 34.3 Å². The molecule has 6 heterocycles. The predicted molar refractivity (Wildman–Crippen MR) is 198 cm³/mol. The number of thiazole rings is 2. The number of hydrogen-bond donors (Lipinski definition) is 0. The zero-order valence-corrected chi connectivity index (χ0v) is 27.8. The highest BCUT2D eigenvalue weighted by Crippen LogP contribution is 2.43. The molecule has 4 nitrogen and oxygen atoms in total. The number of benzene rings is 4. The van der Waals surface area contributed by atoms with Crippen LogP contribution in [0.25, 0.3) is 93.7 Å². The maximum Gasteiger partial charge on any atom is 0.142 e. The van der Waals surface area contributed by atoms with Crippen LogP contribution in [0.2, 0.25) is 0 Å². The lowest BCUT2D eigenvalue weighted by molar-refractivity contribution is 0.636. The summed E-state index contributed by atoms with van der Waals surface area (Å²) >= 11 is 5.89. The predicted octanol–water partition coefficient (Wildman–Crippen LogP) is 12.2. The number of thiophene rings is 2. The van der Waals surface area contributed by atoms with E-state index in [-0.39, 0.29) is 11.6 Å². The van der Waals surface area contributed by atoms with E-state index in [0.717, 1.165) is 83.9 Å². The molecule has 0 spiro atoms. The monoisotopic (exact) mass is 696 g/mol. The van der Waals surface area contributed by atoms with Gasteiger partial charge in [-0.25, -0.2) is 18.7 Å². The highest BCUT2D eigenvalue weighted by atomic mass is 32.1. The summed E-state index contributed by atoms with van der Waals surface area (Å²) in [4.78, 5) is 21.6. The summed E-state index contributed by atoms with van der Waals surface area (Å²) in [5, 5.41) is 5.60. The molecule has 0 fully saturated rings. The first-order chi connectivity index (χ1) is 23.5. The van der Waals surface area contributed by atoms with Crippen LogP contribution in [0.15, 0.2) is 109 Å². The minimum atomic E-state index is -0.273. The number of nitrogens with zero attached hydrogens (tertiary/aromatic N) is 4. The lowest BCUT2D eigenvalue weighted by atomic mass is 10.1. The summed E-state index contributed by atoms with van der Waals surface area (Å²) < 4.78 is 32.5. The largest absolute Gasteiger partial charge is 0.256 e. The number of para-hydroxylation sites is 2. The molecule has 0 aliphatic rings. The van der Waals surface area contributed by atoms with Crippen molar-refractivity contribution >= 4 is 98.4 Å². The molecule has 0 amide bonds. The summed E-state index contributed by atoms with van der Waals surface area (Å²) in [6.07, 6.45) is 3.46. The summed E-state index contributed by atoms with van der Waals surface area (Å²) in [5.74, 6) is -0.546. The van der Waals surface area contributed by atoms with Crippen molar-refractivity contribution in [2.45, 2.75) is 0 Å². The summed E-state index contributed by atoms with van der Waals surface area (Å²) in [6.45, 7) is 0. The van der Waals surface area contributed by atoms with Gasteiger partial charge >= 0.3 is 0 Å². The van der Waals surface area contributed by atoms with Gasteiger partial charge in [-0.15, -0.1) is 45.3 Å². The number of fused-ring (bicyclic) bond motifs is 5. The Morgan fingerprint density at radius 3 is 1.38 bits per heavy atom. The Hall–Kier alpha value is -5.00. The molecule has 4 aromatic carbocycles. The normalized spacial score (nSPS) is 12.0. The maximum atomic E-state index is 15.2. The van der Waals surface area contributed by atoms with E-state index in [4.69, 9.17) is 9.97 Å². The van der Waals surface area contributed by atoms with Crippen molar-refractivity contribution in [3.05, 3.63) is 121 Å². The Kier molecular flexibility index (Phi) is 6.29. The topological polar surface area (TPSA) is 51.6 Å². The van der Waals surface area contributed by atoms with E-state index < -0.39 is 0 Å². The van der Waals surface area contributed by atoms with Crippen molar-refractivity contribution in [3.63, 3.8) is 0 Å². The van der Waals surface area contributed by atoms with E-state index in [1.807, 2.05) is 60.7 Å². The molecule has 0 saturated carbocycles. The zero-order chi connectivity index (χ0) is 31.9. The Labute approximate surface area is 287 Å². The van der Waals surface area contributed by atoms with E-state index in [0.29, 0.717) is 9.75 Å². The van der Waals surface area contributed by atoms with Crippen LogP contribution in [0, 0.1) is 11.6 Å². The first-order valence-corrected chi connectivity index (χ1v) is 18.2. The molecule has 0 aliphatic carbocycles. The van der Waals surface area contributed by atoms with E-state index in [1.165, 1.54) is 22.7 Å². The molecule has 228 valence electrons. The Morgan fingerprint density at radius 1 is 0.438 bits per heavy atom. The van der Waals surface area contributed by atoms with Crippen LogP contribution >= 0.6 is 45.3 Å². The molecular formula is C38H18F2N4S4. The minimum absolute atomic E-state index is 0.273. The fourth-order valence-electron chi connectivity index (χ4n) is 6.04. The van der Waals surface area contributed by atoms with E-state index in [1.54, 1.807) is 47.2 Å². The fourth-order valence-corrected chi connectivity index (χ4v) is 10.2. The van der Waals surface area contributed by atoms with Gasteiger partial charge in [-0.05, 0) is 71.4 Å². The molecule has 0 aliphatic heterocycles. The summed E-state index contributed by atoms with van der Waals surface area (Å²) in [5.41, 5.74) is 5.01. The molecule has 6 aromatic heterocycles. The van der Waals surface area contributed by atoms with Crippen molar-refractivity contribution in [3.8, 4) is 40.7 Å². The second kappa shape index (κ2) is 10.8. The van der Waals surface area contributed by atoms with Gasteiger partial charge in [-0.3, -0.25) is 9.97 Å². The van der Waals surface area contributed by atoms with Crippen LogP contribution in [0.5, 0.6) is 0 Å². The second-order valence-electron chi connectivity index (χ2n) is 11.4. The number of rotatable bonds is 4. The van der Waals surface area contributed by atoms with Gasteiger partial charge in [0.05, 0.1) is 51.0 Å². The van der Waals surface area contributed by atoms with Crippen LogP contribution in [0.1, 0.15) is 0 Å². The highest BCUT2D eigenvalue weighted by Gasteiger charge is 2.19. The van der Waals surface area contributed by atoms with Crippen molar-refractivity contribution < 1.29 is 8.78 Å². The second-order valence-corrected chi connectivity index (χ2v) is 15.6. The van der Waals surface area contributed by atoms with Crippen LogP contribution < -0.4 is 0 Å². The van der Waals surface area contributed by atoms with Gasteiger partial charge in [0.2, 0.25) is 0 Å². The quantitative estimate of drug-likeness (QED) is 0.184. The number of hydrogen-bond acceptors (Lipinski definition) is 8. The van der Waals surface area contributed by atoms with Crippen molar-refractivity contribution in [1.29, 1.82) is 0 Å². The third kappa shape index (κ3) is 4.63. The molecule has 0 saturated heterocycles. The van der Waals surface area contributed by atoms with Crippen molar-refractivity contribution in [2.75, 3.05) is 0 Å². The van der Waals surface area contributed by atoms with Crippen LogP contribution in [-0.2, 0) is 0 Å². The molecule has 0 atom stereocenters. The van der Waals surface area contributed by atoms with E-state index in [2.05, 4.69) is 34.2 Å². The molecule has 0 N–H and O–H groups in total. The standard InChI is InChI=1S/C38H18F2N4S4/c39-25-15-33(45-35(25)23-9-19-5-1-3-7-27(19)41-17-23)37-43-29-11-21-14-32-30(12-22(21)13-31(29)47-37)44-38(48-32)34-16-26(40)36(46-34)24-10-20-6-2-4-8-28(20)42-18-24/h1-18H. The Bertz CT molecular complexity index is 2640. The van der Waals surface area contributed by atoms with E-state index in [9.17, 15) is 0 Å². The smallest absolute Gasteiger partial charge is 0.142 e. The molecule has 10 heteroatoms. The van der Waals surface area contributed by atoms with Gasteiger partial charge < -0.3 is 0 Å². The van der Waals surface area contributed by atoms with Crippen LogP contribution in [0.3, 0.4) is 0 Å². The van der Waals surface area contributed by atoms with Gasteiger partial charge in [0.15, 0.2) is 0 Å². The first-order valence-electron chi connectivity index (χ1n) is 15.0. The average Bonchev–Trinajstić information content (AvgIpc) is 3.90. The molecule has 10 rings (SSSR count). The average molecular weight is 697 g/mol. The molecule has 0 bridgehead atoms. The third-order valence-electron chi connectivity index (χ3n) is 8.35. The third-order valence-corrected chi connectivity index (χ3v) is 13.0. The van der Waals surface area contributed by atoms with E-state index >= 15 is 8.78 Å². The summed E-state index contributed by atoms with van der Waals surface area (Å²) in [7, 11) is 0. The van der Waals surface area contributed by atoms with Crippen molar-refractivity contribution in [2.24, 2.45) is 0 Å². The van der Waals surface area contributed by atoms with Gasteiger partial charge in [0.1, 0.15) is 21.6 Å². The lowest BCUT2D eigenvalue weighted by Crippen LogP contribution is -1.82. The van der Waals surface area contributed by atoms with Crippen LogP contribution in [0.4, 0.5) is 8.78 Å². The Morgan fingerprint density at radius 2 is 0.896 bits per heavy atom. The maximum absolute atomic E-state index is 15.2. The SMILES string of the molecule is Fc1cc(-c2nc3cc4cc5sc(-c6cc(F)c(-c7cnc8ccccc8c7)s6)nc5cc4cc3s2)sc1-c1cnc2ccccc2c1. The highest BCUT2D eigenvalue weighted by molar-refractivity contribution is 7.27. The molecule has 10 aromatic rings. The summed E-state index contributed by atoms with van der Waals surface area (Å²) in [6, 6.07) is 31.2. The van der Waals surface area contributed by atoms with Gasteiger partial charge in [0.25, 0.3) is 0 Å². The number of halogens is 2. The lowest BCUT2D eigenvalue weighted by Gasteiger charge is -2.01. The number of aromatic nitrogens is 4. The fraction of sp³-hybridized carbons (Fsp3) is 0. The minimum Gasteiger partial charge on any atom is -0.256 e. The van der Waals surface area contributed by atoms with Gasteiger partial charge in [-0.1, -0.05) is 36.4 Å².